The summed E-state index contributed by atoms with van der Waals surface area (Å²) in [6.45, 7) is 6.95. The molecule has 9 nitrogen and oxygen atoms in total. The van der Waals surface area contributed by atoms with Gasteiger partial charge in [-0.05, 0) is 87.4 Å². The molecule has 1 fully saturated rings. The van der Waals surface area contributed by atoms with E-state index in [-0.39, 0.29) is 36.6 Å². The van der Waals surface area contributed by atoms with Crippen LogP contribution in [0.2, 0.25) is 0 Å². The highest BCUT2D eigenvalue weighted by atomic mass is 19.1. The molecule has 3 aromatic carbocycles. The maximum atomic E-state index is 13.5. The Morgan fingerprint density at radius 2 is 1.72 bits per heavy atom. The van der Waals surface area contributed by atoms with Crippen LogP contribution in [0.3, 0.4) is 0 Å². The molecule has 2 N–H and O–H groups in total. The molecule has 3 aromatic rings. The molecule has 11 heteroatoms. The Balaban J connectivity index is 0.000000511. The van der Waals surface area contributed by atoms with Crippen molar-refractivity contribution >= 4 is 29.5 Å². The standard InChI is InChI=1S/C29H39FN2O5.C7H4FNO/c1-4-8-21(3)32(29(35)31-24-12-6-11-23(30)17-24)15-16-36-25-13-7-14-26(18-25)37-19-22-10-5-9-20(2)27(22)28(33)34;8-6-2-1-3-7(4-6)9-5-10/h5-6,9-12,17,21,25-26H,4,7-8,13-16,18-19H2,1-3H3,(H,31,35)(H,33,34);1-4H. The maximum Gasteiger partial charge on any atom is 0.336 e. The van der Waals surface area contributed by atoms with Crippen molar-refractivity contribution < 1.29 is 37.7 Å². The predicted molar refractivity (Wildman–Crippen MR) is 176 cm³/mol. The van der Waals surface area contributed by atoms with Crippen molar-refractivity contribution in [1.82, 2.24) is 4.90 Å². The Kier molecular flexibility index (Phi) is 15.2. The van der Waals surface area contributed by atoms with Crippen molar-refractivity contribution in [3.63, 3.8) is 0 Å². The number of carboxylic acids is 1. The van der Waals surface area contributed by atoms with Gasteiger partial charge in [-0.1, -0.05) is 43.7 Å². The fraction of sp³-hybridized carbons (Fsp3) is 0.417. The number of rotatable bonds is 13. The molecule has 0 saturated heterocycles. The first-order valence-electron chi connectivity index (χ1n) is 15.8. The van der Waals surface area contributed by atoms with E-state index in [0.717, 1.165) is 50.2 Å². The highest BCUT2D eigenvalue weighted by molar-refractivity contribution is 5.91. The van der Waals surface area contributed by atoms with Crippen molar-refractivity contribution in [1.29, 1.82) is 0 Å². The number of hydrogen-bond donors (Lipinski definition) is 2. The number of carbonyl (C=O) groups excluding carboxylic acids is 2. The summed E-state index contributed by atoms with van der Waals surface area (Å²) in [6, 6.07) is 16.5. The Bertz CT molecular complexity index is 1510. The number of aryl methyl sites for hydroxylation is 1. The van der Waals surface area contributed by atoms with E-state index in [0.29, 0.717) is 30.0 Å². The largest absolute Gasteiger partial charge is 0.478 e. The molecule has 3 unspecified atom stereocenters. The summed E-state index contributed by atoms with van der Waals surface area (Å²) in [5.41, 5.74) is 2.42. The average Bonchev–Trinajstić information content (AvgIpc) is 3.03. The first kappa shape index (κ1) is 37.0. The van der Waals surface area contributed by atoms with E-state index in [9.17, 15) is 28.3 Å². The summed E-state index contributed by atoms with van der Waals surface area (Å²) in [7, 11) is 0. The number of anilines is 1. The molecule has 0 radical (unpaired) electrons. The summed E-state index contributed by atoms with van der Waals surface area (Å²) in [6.07, 6.45) is 6.65. The zero-order valence-electron chi connectivity index (χ0n) is 27.1. The second-order valence-corrected chi connectivity index (χ2v) is 11.5. The minimum atomic E-state index is -0.940. The minimum absolute atomic E-state index is 0.00713. The van der Waals surface area contributed by atoms with Gasteiger partial charge in [0.15, 0.2) is 0 Å². The van der Waals surface area contributed by atoms with Crippen LogP contribution in [0.25, 0.3) is 0 Å². The third-order valence-electron chi connectivity index (χ3n) is 7.87. The van der Waals surface area contributed by atoms with Crippen LogP contribution in [0.5, 0.6) is 0 Å². The van der Waals surface area contributed by atoms with E-state index in [1.807, 2.05) is 13.0 Å². The van der Waals surface area contributed by atoms with Crippen LogP contribution >= 0.6 is 0 Å². The zero-order chi connectivity index (χ0) is 34.2. The van der Waals surface area contributed by atoms with Crippen LogP contribution in [0.15, 0.2) is 71.7 Å². The topological polar surface area (TPSA) is 118 Å². The van der Waals surface area contributed by atoms with Gasteiger partial charge in [0.1, 0.15) is 11.6 Å². The number of hydrogen-bond acceptors (Lipinski definition) is 6. The Morgan fingerprint density at radius 3 is 2.38 bits per heavy atom. The van der Waals surface area contributed by atoms with Crippen LogP contribution in [0.1, 0.15) is 73.9 Å². The first-order chi connectivity index (χ1) is 22.6. The van der Waals surface area contributed by atoms with Crippen molar-refractivity contribution in [2.24, 2.45) is 4.99 Å². The number of nitrogens with zero attached hydrogens (tertiary/aromatic N) is 2. The lowest BCUT2D eigenvalue weighted by atomic mass is 9.94. The molecule has 1 saturated carbocycles. The lowest BCUT2D eigenvalue weighted by Gasteiger charge is -2.32. The lowest BCUT2D eigenvalue weighted by Crippen LogP contribution is -2.44. The monoisotopic (exact) mass is 651 g/mol. The normalized spacial score (nSPS) is 16.2. The van der Waals surface area contributed by atoms with Gasteiger partial charge in [0.25, 0.3) is 0 Å². The molecule has 47 heavy (non-hydrogen) atoms. The van der Waals surface area contributed by atoms with Gasteiger partial charge >= 0.3 is 12.0 Å². The molecule has 252 valence electrons. The van der Waals surface area contributed by atoms with Crippen LogP contribution < -0.4 is 5.32 Å². The minimum Gasteiger partial charge on any atom is -0.478 e. The second kappa shape index (κ2) is 19.3. The zero-order valence-corrected chi connectivity index (χ0v) is 27.1. The number of aromatic carboxylic acids is 1. The number of benzene rings is 3. The fourth-order valence-electron chi connectivity index (χ4n) is 5.54. The number of halogens is 2. The number of isocyanates is 1. The van der Waals surface area contributed by atoms with Crippen molar-refractivity contribution in [3.8, 4) is 0 Å². The Hall–Kier alpha value is -4.44. The molecule has 0 bridgehead atoms. The number of nitrogens with one attached hydrogen (secondary N) is 1. The van der Waals surface area contributed by atoms with Gasteiger partial charge in [-0.15, -0.1) is 0 Å². The van der Waals surface area contributed by atoms with Gasteiger partial charge in [0, 0.05) is 24.3 Å². The number of amides is 2. The average molecular weight is 652 g/mol. The SMILES string of the molecule is CCCC(C)N(CCOC1CCCC(OCc2cccc(C)c2C(=O)O)C1)C(=O)Nc1cccc(F)c1.O=C=Nc1cccc(F)c1. The van der Waals surface area contributed by atoms with E-state index in [1.165, 1.54) is 36.4 Å². The molecule has 4 rings (SSSR count). The summed E-state index contributed by atoms with van der Waals surface area (Å²) in [5, 5.41) is 12.3. The van der Waals surface area contributed by atoms with Crippen LogP contribution in [-0.2, 0) is 20.9 Å². The van der Waals surface area contributed by atoms with E-state index >= 15 is 0 Å². The fourth-order valence-corrected chi connectivity index (χ4v) is 5.54. The summed E-state index contributed by atoms with van der Waals surface area (Å²) in [4.78, 5) is 39.3. The summed E-state index contributed by atoms with van der Waals surface area (Å²) < 4.78 is 38.1. The van der Waals surface area contributed by atoms with E-state index in [1.54, 1.807) is 36.1 Å². The number of urea groups is 1. The molecular formula is C36H43F2N3O6. The van der Waals surface area contributed by atoms with Gasteiger partial charge in [-0.25, -0.2) is 23.2 Å². The summed E-state index contributed by atoms with van der Waals surface area (Å²) in [5.74, 6) is -1.74. The second-order valence-electron chi connectivity index (χ2n) is 11.5. The Morgan fingerprint density at radius 1 is 1.04 bits per heavy atom. The van der Waals surface area contributed by atoms with Crippen LogP contribution in [0, 0.1) is 18.6 Å². The molecular weight excluding hydrogens is 608 g/mol. The van der Waals surface area contributed by atoms with E-state index in [2.05, 4.69) is 17.2 Å². The van der Waals surface area contributed by atoms with Crippen LogP contribution in [-0.4, -0.2) is 59.5 Å². The first-order valence-corrected chi connectivity index (χ1v) is 15.8. The quantitative estimate of drug-likeness (QED) is 0.142. The van der Waals surface area contributed by atoms with Gasteiger partial charge in [-0.3, -0.25) is 0 Å². The third-order valence-corrected chi connectivity index (χ3v) is 7.87. The molecule has 0 aliphatic heterocycles. The van der Waals surface area contributed by atoms with Gasteiger partial charge in [0.05, 0.1) is 36.7 Å². The van der Waals surface area contributed by atoms with E-state index in [4.69, 9.17) is 9.47 Å². The maximum absolute atomic E-state index is 13.5. The molecule has 0 spiro atoms. The number of carbonyl (C=O) groups is 2. The van der Waals surface area contributed by atoms with E-state index < -0.39 is 17.6 Å². The summed E-state index contributed by atoms with van der Waals surface area (Å²) >= 11 is 0. The molecule has 3 atom stereocenters. The number of ether oxygens (including phenoxy) is 2. The molecule has 1 aliphatic rings. The van der Waals surface area contributed by atoms with Crippen molar-refractivity contribution in [3.05, 3.63) is 95.1 Å². The van der Waals surface area contributed by atoms with Gasteiger partial charge < -0.3 is 24.8 Å². The van der Waals surface area contributed by atoms with Crippen molar-refractivity contribution in [2.45, 2.75) is 84.2 Å². The molecule has 0 heterocycles. The van der Waals surface area contributed by atoms with Crippen molar-refractivity contribution in [2.75, 3.05) is 18.5 Å². The molecule has 2 amide bonds. The van der Waals surface area contributed by atoms with Gasteiger partial charge in [0.2, 0.25) is 6.08 Å². The predicted octanol–water partition coefficient (Wildman–Crippen LogP) is 8.19. The molecule has 0 aromatic heterocycles. The number of aliphatic imine (C=N–C) groups is 1. The van der Waals surface area contributed by atoms with Gasteiger partial charge in [-0.2, -0.15) is 4.99 Å². The number of carboxylic acid groups (broad SMARTS) is 1. The lowest BCUT2D eigenvalue weighted by molar-refractivity contribution is -0.0531. The third kappa shape index (κ3) is 12.4. The highest BCUT2D eigenvalue weighted by Gasteiger charge is 2.25. The van der Waals surface area contributed by atoms with Crippen LogP contribution in [0.4, 0.5) is 25.0 Å². The smallest absolute Gasteiger partial charge is 0.336 e. The molecule has 1 aliphatic carbocycles. The highest BCUT2D eigenvalue weighted by Crippen LogP contribution is 2.26. The Labute approximate surface area is 274 Å².